The molecule has 0 aliphatic carbocycles. The molecule has 1 heterocycles. The van der Waals surface area contributed by atoms with Crippen LogP contribution >= 0.6 is 11.6 Å². The van der Waals surface area contributed by atoms with Crippen molar-refractivity contribution in [2.45, 2.75) is 0 Å². The Kier molecular flexibility index (Phi) is 2.27. The fourth-order valence-corrected chi connectivity index (χ4v) is 2.13. The summed E-state index contributed by atoms with van der Waals surface area (Å²) in [4.78, 5) is 0. The fraction of sp³-hybridized carbons (Fsp3) is 0. The van der Waals surface area contributed by atoms with Crippen molar-refractivity contribution in [1.29, 1.82) is 0 Å². The molecule has 17 heavy (non-hydrogen) atoms. The van der Waals surface area contributed by atoms with Crippen LogP contribution in [0, 0.1) is 0 Å². The Labute approximate surface area is 103 Å². The predicted octanol–water partition coefficient (Wildman–Crippen LogP) is 3.38. The van der Waals surface area contributed by atoms with E-state index in [1.807, 2.05) is 24.3 Å². The molecule has 3 rings (SSSR count). The summed E-state index contributed by atoms with van der Waals surface area (Å²) in [6.45, 7) is 0. The largest absolute Gasteiger partial charge is 0.506 e. The van der Waals surface area contributed by atoms with Crippen molar-refractivity contribution in [3.63, 3.8) is 0 Å². The molecule has 84 valence electrons. The zero-order valence-corrected chi connectivity index (χ0v) is 9.59. The van der Waals surface area contributed by atoms with E-state index in [-0.39, 0.29) is 5.75 Å². The van der Waals surface area contributed by atoms with Crippen molar-refractivity contribution in [3.8, 4) is 11.4 Å². The molecule has 0 bridgehead atoms. The lowest BCUT2D eigenvalue weighted by molar-refractivity contribution is 0.471. The van der Waals surface area contributed by atoms with Crippen LogP contribution in [0.1, 0.15) is 0 Å². The lowest BCUT2D eigenvalue weighted by Gasteiger charge is -2.06. The topological polar surface area (TPSA) is 38.0 Å². The first kappa shape index (κ1) is 10.2. The zero-order valence-electron chi connectivity index (χ0n) is 8.84. The third kappa shape index (κ3) is 1.56. The highest BCUT2D eigenvalue weighted by Gasteiger charge is 2.10. The number of aromatic hydroxyl groups is 1. The SMILES string of the molecule is Oc1ccccc1-n1ncc2cccc(Cl)c21. The van der Waals surface area contributed by atoms with Crippen LogP contribution in [-0.4, -0.2) is 14.9 Å². The van der Waals surface area contributed by atoms with Gasteiger partial charge in [0.05, 0.1) is 16.7 Å². The third-order valence-corrected chi connectivity index (χ3v) is 2.96. The summed E-state index contributed by atoms with van der Waals surface area (Å²) in [7, 11) is 0. The maximum atomic E-state index is 9.83. The van der Waals surface area contributed by atoms with Gasteiger partial charge in [-0.05, 0) is 18.2 Å². The van der Waals surface area contributed by atoms with Gasteiger partial charge in [0.15, 0.2) is 0 Å². The van der Waals surface area contributed by atoms with Crippen molar-refractivity contribution in [2.75, 3.05) is 0 Å². The van der Waals surface area contributed by atoms with Crippen LogP contribution in [0.4, 0.5) is 0 Å². The molecule has 3 aromatic rings. The number of fused-ring (bicyclic) bond motifs is 1. The molecule has 0 saturated carbocycles. The monoisotopic (exact) mass is 244 g/mol. The van der Waals surface area contributed by atoms with Crippen LogP contribution in [0.2, 0.25) is 5.02 Å². The number of hydrogen-bond acceptors (Lipinski definition) is 2. The lowest BCUT2D eigenvalue weighted by atomic mass is 10.2. The third-order valence-electron chi connectivity index (χ3n) is 2.65. The average Bonchev–Trinajstić information content (AvgIpc) is 2.75. The highest BCUT2D eigenvalue weighted by atomic mass is 35.5. The van der Waals surface area contributed by atoms with Gasteiger partial charge in [-0.2, -0.15) is 5.10 Å². The predicted molar refractivity (Wildman–Crippen MR) is 67.7 cm³/mol. The Hall–Kier alpha value is -2.00. The summed E-state index contributed by atoms with van der Waals surface area (Å²) in [5.74, 6) is 0.178. The normalized spacial score (nSPS) is 10.9. The smallest absolute Gasteiger partial charge is 0.141 e. The molecule has 0 atom stereocenters. The standard InChI is InChI=1S/C13H9ClN2O/c14-10-5-3-4-9-8-15-16(13(9)10)11-6-1-2-7-12(11)17/h1-8,17H. The number of halogens is 1. The first-order chi connectivity index (χ1) is 8.27. The van der Waals surface area contributed by atoms with Crippen LogP contribution in [0.3, 0.4) is 0 Å². The molecular formula is C13H9ClN2O. The van der Waals surface area contributed by atoms with Crippen LogP contribution < -0.4 is 0 Å². The zero-order chi connectivity index (χ0) is 11.8. The van der Waals surface area contributed by atoms with Crippen LogP contribution in [0.15, 0.2) is 48.7 Å². The summed E-state index contributed by atoms with van der Waals surface area (Å²) in [6.07, 6.45) is 1.73. The average molecular weight is 245 g/mol. The van der Waals surface area contributed by atoms with E-state index in [4.69, 9.17) is 11.6 Å². The summed E-state index contributed by atoms with van der Waals surface area (Å²) in [5.41, 5.74) is 1.42. The number of phenolic OH excluding ortho intramolecular Hbond substituents is 1. The maximum absolute atomic E-state index is 9.83. The van der Waals surface area contributed by atoms with Gasteiger partial charge in [-0.15, -0.1) is 0 Å². The molecule has 0 aliphatic rings. The molecule has 1 aromatic heterocycles. The molecule has 0 radical (unpaired) electrons. The van der Waals surface area contributed by atoms with Gasteiger partial charge in [0.1, 0.15) is 11.4 Å². The van der Waals surface area contributed by atoms with Crippen LogP contribution in [0.25, 0.3) is 16.6 Å². The molecule has 2 aromatic carbocycles. The number of para-hydroxylation sites is 3. The second-order valence-electron chi connectivity index (χ2n) is 3.72. The van der Waals surface area contributed by atoms with Gasteiger partial charge in [0.2, 0.25) is 0 Å². The van der Waals surface area contributed by atoms with Gasteiger partial charge in [-0.1, -0.05) is 35.9 Å². The van der Waals surface area contributed by atoms with Crippen molar-refractivity contribution in [3.05, 3.63) is 53.7 Å². The molecule has 0 unspecified atom stereocenters. The molecule has 3 nitrogen and oxygen atoms in total. The van der Waals surface area contributed by atoms with Crippen molar-refractivity contribution in [2.24, 2.45) is 0 Å². The molecule has 0 saturated heterocycles. The Balaban J connectivity index is 2.36. The second kappa shape index (κ2) is 3.79. The van der Waals surface area contributed by atoms with E-state index in [0.29, 0.717) is 10.7 Å². The Morgan fingerprint density at radius 3 is 2.71 bits per heavy atom. The molecule has 0 spiro atoms. The van der Waals surface area contributed by atoms with Crippen molar-refractivity contribution >= 4 is 22.5 Å². The second-order valence-corrected chi connectivity index (χ2v) is 4.13. The lowest BCUT2D eigenvalue weighted by Crippen LogP contribution is -1.96. The van der Waals surface area contributed by atoms with Gasteiger partial charge in [-0.3, -0.25) is 0 Å². The first-order valence-electron chi connectivity index (χ1n) is 5.18. The van der Waals surface area contributed by atoms with Gasteiger partial charge in [0, 0.05) is 5.39 Å². The molecule has 1 N–H and O–H groups in total. The minimum atomic E-state index is 0.178. The van der Waals surface area contributed by atoms with Gasteiger partial charge >= 0.3 is 0 Å². The number of benzene rings is 2. The Bertz CT molecular complexity index is 691. The van der Waals surface area contributed by atoms with Crippen LogP contribution in [0.5, 0.6) is 5.75 Å². The van der Waals surface area contributed by atoms with Gasteiger partial charge < -0.3 is 5.11 Å². The maximum Gasteiger partial charge on any atom is 0.141 e. The minimum absolute atomic E-state index is 0.178. The Morgan fingerprint density at radius 1 is 1.06 bits per heavy atom. The van der Waals surface area contributed by atoms with E-state index >= 15 is 0 Å². The summed E-state index contributed by atoms with van der Waals surface area (Å²) in [6, 6.07) is 12.7. The van der Waals surface area contributed by atoms with Crippen molar-refractivity contribution in [1.82, 2.24) is 9.78 Å². The molecule has 0 fully saturated rings. The summed E-state index contributed by atoms with van der Waals surface area (Å²) in [5, 5.41) is 15.6. The highest BCUT2D eigenvalue weighted by Crippen LogP contribution is 2.28. The van der Waals surface area contributed by atoms with E-state index < -0.39 is 0 Å². The van der Waals surface area contributed by atoms with Gasteiger partial charge in [0.25, 0.3) is 0 Å². The van der Waals surface area contributed by atoms with E-state index in [1.165, 1.54) is 0 Å². The number of phenols is 1. The summed E-state index contributed by atoms with van der Waals surface area (Å²) >= 11 is 6.16. The van der Waals surface area contributed by atoms with Crippen LogP contribution in [-0.2, 0) is 0 Å². The van der Waals surface area contributed by atoms with E-state index in [2.05, 4.69) is 5.10 Å². The molecule has 0 amide bonds. The number of rotatable bonds is 1. The van der Waals surface area contributed by atoms with E-state index in [0.717, 1.165) is 10.9 Å². The van der Waals surface area contributed by atoms with E-state index in [9.17, 15) is 5.11 Å². The minimum Gasteiger partial charge on any atom is -0.506 e. The van der Waals surface area contributed by atoms with E-state index in [1.54, 1.807) is 29.1 Å². The number of aromatic nitrogens is 2. The highest BCUT2D eigenvalue weighted by molar-refractivity contribution is 6.35. The molecular weight excluding hydrogens is 236 g/mol. The quantitative estimate of drug-likeness (QED) is 0.713. The fourth-order valence-electron chi connectivity index (χ4n) is 1.86. The Morgan fingerprint density at radius 2 is 1.88 bits per heavy atom. The molecule has 4 heteroatoms. The number of nitrogens with zero attached hydrogens (tertiary/aromatic N) is 2. The van der Waals surface area contributed by atoms with Gasteiger partial charge in [-0.25, -0.2) is 4.68 Å². The summed E-state index contributed by atoms with van der Waals surface area (Å²) < 4.78 is 1.65. The first-order valence-corrected chi connectivity index (χ1v) is 5.56. The van der Waals surface area contributed by atoms with Crippen molar-refractivity contribution < 1.29 is 5.11 Å². The molecule has 0 aliphatic heterocycles. The number of hydrogen-bond donors (Lipinski definition) is 1.